The van der Waals surface area contributed by atoms with Gasteiger partial charge in [0.25, 0.3) is 0 Å². The van der Waals surface area contributed by atoms with E-state index >= 15 is 0 Å². The van der Waals surface area contributed by atoms with Gasteiger partial charge in [0.1, 0.15) is 5.75 Å². The zero-order chi connectivity index (χ0) is 16.8. The highest BCUT2D eigenvalue weighted by Gasteiger charge is 2.11. The van der Waals surface area contributed by atoms with E-state index in [-0.39, 0.29) is 0 Å². The van der Waals surface area contributed by atoms with Crippen molar-refractivity contribution < 1.29 is 14.6 Å². The molecule has 2 aromatic carbocycles. The Morgan fingerprint density at radius 1 is 1.09 bits per heavy atom. The number of ether oxygens (including phenoxy) is 1. The van der Waals surface area contributed by atoms with Gasteiger partial charge in [-0.3, -0.25) is 4.99 Å². The third-order valence-electron chi connectivity index (χ3n) is 3.45. The molecule has 23 heavy (non-hydrogen) atoms. The second-order valence-electron chi connectivity index (χ2n) is 5.64. The Morgan fingerprint density at radius 3 is 2.35 bits per heavy atom. The van der Waals surface area contributed by atoms with Gasteiger partial charge in [-0.25, -0.2) is 4.79 Å². The highest BCUT2D eigenvalue weighted by Crippen LogP contribution is 2.26. The summed E-state index contributed by atoms with van der Waals surface area (Å²) < 4.78 is 5.30. The van der Waals surface area contributed by atoms with Crippen LogP contribution in [0.25, 0.3) is 0 Å². The Balaban J connectivity index is 2.11. The molecule has 0 aromatic heterocycles. The maximum atomic E-state index is 10.8. The fraction of sp³-hybridized carbons (Fsp3) is 0.263. The Hall–Kier alpha value is -2.62. The summed E-state index contributed by atoms with van der Waals surface area (Å²) in [6, 6.07) is 15.3. The molecule has 0 saturated heterocycles. The standard InChI is InChI=1S/C19H21NO3/c1-13(2)17-6-4-5-7-18(17)20-12-15-8-10-16(11-9-15)23-14(3)19(21)22/h4-14H,1-3H3,(H,21,22)/t14-/m0/s1. The number of carboxylic acid groups (broad SMARTS) is 1. The van der Waals surface area contributed by atoms with Gasteiger partial charge in [-0.1, -0.05) is 32.0 Å². The molecule has 2 rings (SSSR count). The summed E-state index contributed by atoms with van der Waals surface area (Å²) in [5.41, 5.74) is 3.10. The van der Waals surface area contributed by atoms with Gasteiger partial charge in [0.2, 0.25) is 0 Å². The maximum Gasteiger partial charge on any atom is 0.344 e. The van der Waals surface area contributed by atoms with Gasteiger partial charge in [-0.15, -0.1) is 0 Å². The third kappa shape index (κ3) is 4.68. The van der Waals surface area contributed by atoms with Crippen LogP contribution in [-0.2, 0) is 4.79 Å². The van der Waals surface area contributed by atoms with Crippen LogP contribution in [0.1, 0.15) is 37.8 Å². The van der Waals surface area contributed by atoms with Gasteiger partial charge in [0, 0.05) is 6.21 Å². The predicted molar refractivity (Wildman–Crippen MR) is 92.0 cm³/mol. The van der Waals surface area contributed by atoms with Crippen molar-refractivity contribution in [3.05, 3.63) is 59.7 Å². The molecule has 120 valence electrons. The van der Waals surface area contributed by atoms with Crippen molar-refractivity contribution in [1.82, 2.24) is 0 Å². The van der Waals surface area contributed by atoms with E-state index in [1.165, 1.54) is 12.5 Å². The number of hydrogen-bond acceptors (Lipinski definition) is 3. The molecular weight excluding hydrogens is 290 g/mol. The summed E-state index contributed by atoms with van der Waals surface area (Å²) in [5, 5.41) is 8.83. The lowest BCUT2D eigenvalue weighted by Gasteiger charge is -2.10. The van der Waals surface area contributed by atoms with Crippen LogP contribution in [0.3, 0.4) is 0 Å². The molecule has 4 heteroatoms. The first-order valence-electron chi connectivity index (χ1n) is 7.60. The quantitative estimate of drug-likeness (QED) is 0.804. The van der Waals surface area contributed by atoms with Crippen LogP contribution in [0.15, 0.2) is 53.5 Å². The molecule has 0 aliphatic heterocycles. The van der Waals surface area contributed by atoms with Gasteiger partial charge in [0.05, 0.1) is 5.69 Å². The van der Waals surface area contributed by atoms with Gasteiger partial charge in [0.15, 0.2) is 6.10 Å². The number of para-hydroxylation sites is 1. The Bertz CT molecular complexity index is 690. The topological polar surface area (TPSA) is 58.9 Å². The van der Waals surface area contributed by atoms with E-state index < -0.39 is 12.1 Å². The Morgan fingerprint density at radius 2 is 1.74 bits per heavy atom. The molecule has 0 saturated carbocycles. The first kappa shape index (κ1) is 16.7. The van der Waals surface area contributed by atoms with E-state index in [0.29, 0.717) is 11.7 Å². The molecular formula is C19H21NO3. The molecule has 0 aliphatic rings. The van der Waals surface area contributed by atoms with Crippen molar-refractivity contribution in [3.63, 3.8) is 0 Å². The van der Waals surface area contributed by atoms with Gasteiger partial charge in [-0.2, -0.15) is 0 Å². The molecule has 0 radical (unpaired) electrons. The van der Waals surface area contributed by atoms with Crippen LogP contribution in [0.4, 0.5) is 5.69 Å². The summed E-state index contributed by atoms with van der Waals surface area (Å²) >= 11 is 0. The average Bonchev–Trinajstić information content (AvgIpc) is 2.54. The number of aliphatic carboxylic acids is 1. The van der Waals surface area contributed by atoms with Crippen LogP contribution < -0.4 is 4.74 Å². The summed E-state index contributed by atoms with van der Waals surface area (Å²) in [5.74, 6) is -0.0443. The Kier molecular flexibility index (Phi) is 5.52. The molecule has 0 spiro atoms. The Labute approximate surface area is 136 Å². The number of carboxylic acids is 1. The van der Waals surface area contributed by atoms with Gasteiger partial charge < -0.3 is 9.84 Å². The van der Waals surface area contributed by atoms with Crippen molar-refractivity contribution in [2.24, 2.45) is 4.99 Å². The maximum absolute atomic E-state index is 10.8. The number of carbonyl (C=O) groups is 1. The summed E-state index contributed by atoms with van der Waals surface area (Å²) in [6.45, 7) is 5.79. The monoisotopic (exact) mass is 311 g/mol. The van der Waals surface area contributed by atoms with Crippen molar-refractivity contribution in [1.29, 1.82) is 0 Å². The van der Waals surface area contributed by atoms with Gasteiger partial charge >= 0.3 is 5.97 Å². The SMILES string of the molecule is CC(C)c1ccccc1N=Cc1ccc(O[C@@H](C)C(=O)O)cc1. The molecule has 0 heterocycles. The van der Waals surface area contributed by atoms with Crippen molar-refractivity contribution >= 4 is 17.9 Å². The van der Waals surface area contributed by atoms with E-state index in [1.807, 2.05) is 30.3 Å². The number of hydrogen-bond donors (Lipinski definition) is 1. The first-order chi connectivity index (χ1) is 11.0. The van der Waals surface area contributed by atoms with Crippen LogP contribution >= 0.6 is 0 Å². The number of nitrogens with zero attached hydrogens (tertiary/aromatic N) is 1. The molecule has 0 bridgehead atoms. The van der Waals surface area contributed by atoms with E-state index in [1.54, 1.807) is 18.3 Å². The second-order valence-corrected chi connectivity index (χ2v) is 5.64. The van der Waals surface area contributed by atoms with Crippen LogP contribution in [0.2, 0.25) is 0 Å². The number of benzene rings is 2. The van der Waals surface area contributed by atoms with Gasteiger partial charge in [-0.05, 0) is 54.3 Å². The van der Waals surface area contributed by atoms with E-state index in [9.17, 15) is 4.79 Å². The molecule has 1 atom stereocenters. The highest BCUT2D eigenvalue weighted by molar-refractivity contribution is 5.82. The number of rotatable bonds is 6. The molecule has 0 amide bonds. The van der Waals surface area contributed by atoms with E-state index in [4.69, 9.17) is 9.84 Å². The normalized spacial score (nSPS) is 12.5. The minimum atomic E-state index is -0.985. The van der Waals surface area contributed by atoms with Crippen molar-refractivity contribution in [3.8, 4) is 5.75 Å². The van der Waals surface area contributed by atoms with Crippen LogP contribution in [0.5, 0.6) is 5.75 Å². The summed E-state index contributed by atoms with van der Waals surface area (Å²) in [7, 11) is 0. The zero-order valence-corrected chi connectivity index (χ0v) is 13.6. The summed E-state index contributed by atoms with van der Waals surface area (Å²) in [4.78, 5) is 15.3. The lowest BCUT2D eigenvalue weighted by atomic mass is 10.0. The summed E-state index contributed by atoms with van der Waals surface area (Å²) in [6.07, 6.45) is 0.929. The molecule has 4 nitrogen and oxygen atoms in total. The highest BCUT2D eigenvalue weighted by atomic mass is 16.5. The third-order valence-corrected chi connectivity index (χ3v) is 3.45. The fourth-order valence-electron chi connectivity index (χ4n) is 2.12. The second kappa shape index (κ2) is 7.58. The minimum absolute atomic E-state index is 0.414. The lowest BCUT2D eigenvalue weighted by Crippen LogP contribution is -2.22. The zero-order valence-electron chi connectivity index (χ0n) is 13.6. The van der Waals surface area contributed by atoms with E-state index in [0.717, 1.165) is 11.3 Å². The molecule has 0 unspecified atom stereocenters. The fourth-order valence-corrected chi connectivity index (χ4v) is 2.12. The molecule has 0 aliphatic carbocycles. The molecule has 0 fully saturated rings. The largest absolute Gasteiger partial charge is 0.479 e. The smallest absolute Gasteiger partial charge is 0.344 e. The van der Waals surface area contributed by atoms with Crippen LogP contribution in [-0.4, -0.2) is 23.4 Å². The van der Waals surface area contributed by atoms with Crippen molar-refractivity contribution in [2.75, 3.05) is 0 Å². The lowest BCUT2D eigenvalue weighted by molar-refractivity contribution is -0.144. The van der Waals surface area contributed by atoms with Crippen molar-refractivity contribution in [2.45, 2.75) is 32.8 Å². The van der Waals surface area contributed by atoms with Crippen LogP contribution in [0, 0.1) is 0 Å². The molecule has 2 aromatic rings. The average molecular weight is 311 g/mol. The first-order valence-corrected chi connectivity index (χ1v) is 7.60. The van der Waals surface area contributed by atoms with E-state index in [2.05, 4.69) is 24.9 Å². The predicted octanol–water partition coefficient (Wildman–Crippen LogP) is 4.41. The number of aliphatic imine (C=N–C) groups is 1. The molecule has 1 N–H and O–H groups in total. The minimum Gasteiger partial charge on any atom is -0.479 e.